The van der Waals surface area contributed by atoms with Crippen LogP contribution < -0.4 is 5.32 Å². The highest BCUT2D eigenvalue weighted by Gasteiger charge is 2.22. The van der Waals surface area contributed by atoms with Crippen molar-refractivity contribution in [3.05, 3.63) is 59.5 Å². The minimum absolute atomic E-state index is 0.139. The Kier molecular flexibility index (Phi) is 5.15. The van der Waals surface area contributed by atoms with Gasteiger partial charge in [-0.3, -0.25) is 9.69 Å². The molecule has 1 aliphatic heterocycles. The summed E-state index contributed by atoms with van der Waals surface area (Å²) in [6.07, 6.45) is 0.499. The van der Waals surface area contributed by atoms with E-state index in [1.165, 1.54) is 5.56 Å². The van der Waals surface area contributed by atoms with Crippen LogP contribution in [-0.4, -0.2) is 41.1 Å². The van der Waals surface area contributed by atoms with Gasteiger partial charge in [0.15, 0.2) is 11.5 Å². The number of hydrogen-bond donors (Lipinski definition) is 1. The number of nitrogens with one attached hydrogen (secondary N) is 1. The first-order chi connectivity index (χ1) is 13.5. The largest absolute Gasteiger partial charge is 0.441 e. The summed E-state index contributed by atoms with van der Waals surface area (Å²) in [4.78, 5) is 19.3. The monoisotopic (exact) mass is 379 g/mol. The van der Waals surface area contributed by atoms with Crippen LogP contribution in [-0.2, 0) is 11.3 Å². The van der Waals surface area contributed by atoms with Crippen LogP contribution in [0.15, 0.2) is 46.9 Å². The standard InChI is InChI=1S/C22H25N3O3/c1-14-11-25(12-15(2)27-14)13-17-4-6-18(7-5-17)22(26)24-19-8-9-21-20(10-19)23-16(3)28-21/h4-10,14-15H,11-13H2,1-3H3,(H,24,26)/t14-,15-/m0/s1. The Morgan fingerprint density at radius 2 is 1.86 bits per heavy atom. The van der Waals surface area contributed by atoms with Crippen molar-refractivity contribution in [3.63, 3.8) is 0 Å². The summed E-state index contributed by atoms with van der Waals surface area (Å²) in [5.41, 5.74) is 3.97. The molecule has 1 aromatic heterocycles. The molecule has 1 fully saturated rings. The Labute approximate surface area is 164 Å². The number of ether oxygens (including phenoxy) is 1. The van der Waals surface area contributed by atoms with Gasteiger partial charge >= 0.3 is 0 Å². The van der Waals surface area contributed by atoms with E-state index in [4.69, 9.17) is 9.15 Å². The summed E-state index contributed by atoms with van der Waals surface area (Å²) < 4.78 is 11.2. The first kappa shape index (κ1) is 18.7. The maximum atomic E-state index is 12.6. The van der Waals surface area contributed by atoms with Gasteiger partial charge in [0.25, 0.3) is 5.91 Å². The molecule has 3 aromatic rings. The van der Waals surface area contributed by atoms with E-state index in [0.29, 0.717) is 22.7 Å². The second kappa shape index (κ2) is 7.73. The number of rotatable bonds is 4. The van der Waals surface area contributed by atoms with E-state index in [1.807, 2.05) is 42.5 Å². The Morgan fingerprint density at radius 1 is 1.14 bits per heavy atom. The molecule has 2 aromatic carbocycles. The number of aromatic nitrogens is 1. The van der Waals surface area contributed by atoms with Crippen LogP contribution in [0, 0.1) is 6.92 Å². The minimum Gasteiger partial charge on any atom is -0.441 e. The minimum atomic E-state index is -0.139. The van der Waals surface area contributed by atoms with E-state index in [9.17, 15) is 4.79 Å². The molecule has 0 radical (unpaired) electrons. The average Bonchev–Trinajstić information content (AvgIpc) is 3.00. The highest BCUT2D eigenvalue weighted by Crippen LogP contribution is 2.20. The smallest absolute Gasteiger partial charge is 0.255 e. The molecule has 1 saturated heterocycles. The third-order valence-corrected chi connectivity index (χ3v) is 4.87. The molecule has 0 aliphatic carbocycles. The molecule has 0 saturated carbocycles. The number of anilines is 1. The summed E-state index contributed by atoms with van der Waals surface area (Å²) in [6.45, 7) is 8.73. The van der Waals surface area contributed by atoms with Gasteiger partial charge in [0.1, 0.15) is 5.52 Å². The van der Waals surface area contributed by atoms with Gasteiger partial charge in [0.05, 0.1) is 12.2 Å². The van der Waals surface area contributed by atoms with Gasteiger partial charge in [-0.2, -0.15) is 0 Å². The number of carbonyl (C=O) groups excluding carboxylic acids is 1. The van der Waals surface area contributed by atoms with Crippen molar-refractivity contribution in [3.8, 4) is 0 Å². The average molecular weight is 379 g/mol. The molecule has 1 aliphatic rings. The lowest BCUT2D eigenvalue weighted by molar-refractivity contribution is -0.0704. The molecule has 6 nitrogen and oxygen atoms in total. The second-order valence-electron chi connectivity index (χ2n) is 7.52. The van der Waals surface area contributed by atoms with Crippen LogP contribution in [0.5, 0.6) is 0 Å². The Morgan fingerprint density at radius 3 is 2.57 bits per heavy atom. The normalized spacial score (nSPS) is 20.4. The van der Waals surface area contributed by atoms with Gasteiger partial charge in [0, 0.05) is 37.8 Å². The van der Waals surface area contributed by atoms with Gasteiger partial charge in [-0.25, -0.2) is 4.98 Å². The SMILES string of the molecule is Cc1nc2cc(NC(=O)c3ccc(CN4C[C@H](C)O[C@@H](C)C4)cc3)ccc2o1. The van der Waals surface area contributed by atoms with Crippen molar-refractivity contribution in [1.82, 2.24) is 9.88 Å². The molecule has 28 heavy (non-hydrogen) atoms. The van der Waals surface area contributed by atoms with Gasteiger partial charge in [-0.15, -0.1) is 0 Å². The molecule has 4 rings (SSSR count). The number of carbonyl (C=O) groups is 1. The molecular weight excluding hydrogens is 354 g/mol. The maximum absolute atomic E-state index is 12.6. The van der Waals surface area contributed by atoms with Gasteiger partial charge in [-0.1, -0.05) is 12.1 Å². The van der Waals surface area contributed by atoms with Crippen LogP contribution in [0.25, 0.3) is 11.1 Å². The quantitative estimate of drug-likeness (QED) is 0.742. The Balaban J connectivity index is 1.40. The zero-order valence-corrected chi connectivity index (χ0v) is 16.4. The van der Waals surface area contributed by atoms with Crippen molar-refractivity contribution in [2.24, 2.45) is 0 Å². The van der Waals surface area contributed by atoms with E-state index >= 15 is 0 Å². The van der Waals surface area contributed by atoms with Crippen LogP contribution in [0.3, 0.4) is 0 Å². The zero-order valence-electron chi connectivity index (χ0n) is 16.4. The summed E-state index contributed by atoms with van der Waals surface area (Å²) in [5.74, 6) is 0.470. The van der Waals surface area contributed by atoms with Gasteiger partial charge in [-0.05, 0) is 49.7 Å². The molecule has 2 atom stereocenters. The fourth-order valence-electron chi connectivity index (χ4n) is 3.76. The summed E-state index contributed by atoms with van der Waals surface area (Å²) in [6, 6.07) is 13.2. The van der Waals surface area contributed by atoms with E-state index in [1.54, 1.807) is 6.92 Å². The summed E-state index contributed by atoms with van der Waals surface area (Å²) in [5, 5.41) is 2.92. The van der Waals surface area contributed by atoms with Crippen molar-refractivity contribution in [1.29, 1.82) is 0 Å². The number of hydrogen-bond acceptors (Lipinski definition) is 5. The zero-order chi connectivity index (χ0) is 19.7. The third-order valence-electron chi connectivity index (χ3n) is 4.87. The lowest BCUT2D eigenvalue weighted by atomic mass is 10.1. The molecule has 0 bridgehead atoms. The number of benzene rings is 2. The van der Waals surface area contributed by atoms with E-state index in [2.05, 4.69) is 29.0 Å². The molecule has 1 N–H and O–H groups in total. The summed E-state index contributed by atoms with van der Waals surface area (Å²) >= 11 is 0. The molecule has 6 heteroatoms. The number of fused-ring (bicyclic) bond motifs is 1. The second-order valence-corrected chi connectivity index (χ2v) is 7.52. The first-order valence-corrected chi connectivity index (χ1v) is 9.61. The number of morpholine rings is 1. The molecule has 0 unspecified atom stereocenters. The fourth-order valence-corrected chi connectivity index (χ4v) is 3.76. The fraction of sp³-hybridized carbons (Fsp3) is 0.364. The van der Waals surface area contributed by atoms with Crippen LogP contribution >= 0.6 is 0 Å². The highest BCUT2D eigenvalue weighted by molar-refractivity contribution is 6.04. The molecule has 0 spiro atoms. The summed E-state index contributed by atoms with van der Waals surface area (Å²) in [7, 11) is 0. The lowest BCUT2D eigenvalue weighted by Crippen LogP contribution is -2.44. The van der Waals surface area contributed by atoms with Gasteiger partial charge < -0.3 is 14.5 Å². The number of aryl methyl sites for hydroxylation is 1. The highest BCUT2D eigenvalue weighted by atomic mass is 16.5. The number of amides is 1. The predicted octanol–water partition coefficient (Wildman–Crippen LogP) is 4.00. The number of nitrogens with zero attached hydrogens (tertiary/aromatic N) is 2. The number of oxazole rings is 1. The molecule has 2 heterocycles. The lowest BCUT2D eigenvalue weighted by Gasteiger charge is -2.35. The predicted molar refractivity (Wildman–Crippen MR) is 108 cm³/mol. The van der Waals surface area contributed by atoms with Crippen LogP contribution in [0.4, 0.5) is 5.69 Å². The van der Waals surface area contributed by atoms with Crippen LogP contribution in [0.2, 0.25) is 0 Å². The van der Waals surface area contributed by atoms with Crippen molar-refractivity contribution < 1.29 is 13.9 Å². The molecular formula is C22H25N3O3. The van der Waals surface area contributed by atoms with Crippen molar-refractivity contribution in [2.75, 3.05) is 18.4 Å². The third kappa shape index (κ3) is 4.24. The topological polar surface area (TPSA) is 67.6 Å². The van der Waals surface area contributed by atoms with E-state index in [0.717, 1.165) is 25.2 Å². The van der Waals surface area contributed by atoms with Gasteiger partial charge in [0.2, 0.25) is 0 Å². The van der Waals surface area contributed by atoms with Crippen molar-refractivity contribution >= 4 is 22.7 Å². The molecule has 146 valence electrons. The van der Waals surface area contributed by atoms with E-state index in [-0.39, 0.29) is 18.1 Å². The molecule has 1 amide bonds. The first-order valence-electron chi connectivity index (χ1n) is 9.61. The Hall–Kier alpha value is -2.70. The van der Waals surface area contributed by atoms with Crippen LogP contribution in [0.1, 0.15) is 35.7 Å². The maximum Gasteiger partial charge on any atom is 0.255 e. The van der Waals surface area contributed by atoms with E-state index < -0.39 is 0 Å². The van der Waals surface area contributed by atoms with Crippen molar-refractivity contribution in [2.45, 2.75) is 39.5 Å². The Bertz CT molecular complexity index is 970.